The van der Waals surface area contributed by atoms with E-state index in [-0.39, 0.29) is 5.78 Å². The number of thioether (sulfide) groups is 1. The van der Waals surface area contributed by atoms with Gasteiger partial charge >= 0.3 is 0 Å². The molecule has 0 fully saturated rings. The quantitative estimate of drug-likeness (QED) is 0.453. The third-order valence-electron chi connectivity index (χ3n) is 2.82. The number of hydrogen-bond donors (Lipinski definition) is 0. The fourth-order valence-electron chi connectivity index (χ4n) is 1.79. The highest BCUT2D eigenvalue weighted by Gasteiger charge is 2.10. The van der Waals surface area contributed by atoms with E-state index in [1.165, 1.54) is 11.8 Å². The molecule has 0 N–H and O–H groups in total. The van der Waals surface area contributed by atoms with Gasteiger partial charge < -0.3 is 0 Å². The molecule has 106 valence electrons. The zero-order chi connectivity index (χ0) is 14.8. The van der Waals surface area contributed by atoms with Crippen molar-refractivity contribution in [1.82, 2.24) is 4.98 Å². The van der Waals surface area contributed by atoms with Crippen LogP contribution in [-0.4, -0.2) is 16.5 Å². The number of carbonyl (C=O) groups excluding carboxylic acids is 1. The topological polar surface area (TPSA) is 30.0 Å². The summed E-state index contributed by atoms with van der Waals surface area (Å²) in [7, 11) is 0. The molecule has 3 aromatic rings. The van der Waals surface area contributed by atoms with E-state index >= 15 is 0 Å². The Balaban J connectivity index is 1.71. The van der Waals surface area contributed by atoms with Crippen LogP contribution < -0.4 is 0 Å². The second kappa shape index (κ2) is 6.36. The number of hydrogen-bond acceptors (Lipinski definition) is 4. The van der Waals surface area contributed by atoms with Gasteiger partial charge in [-0.2, -0.15) is 0 Å². The first kappa shape index (κ1) is 14.9. The number of Topliss-reactive ketones (excluding diaryl/α,β-unsaturated/α-hetero) is 1. The molecule has 0 aliphatic heterocycles. The predicted molar refractivity (Wildman–Crippen MR) is 91.1 cm³/mol. The largest absolute Gasteiger partial charge is 0.293 e. The molecule has 0 aliphatic rings. The molecule has 2 aromatic carbocycles. The minimum absolute atomic E-state index is 0.0638. The SMILES string of the molecule is O=C(CSc1nc2cc(Cl)ccc2s1)c1ccc(Cl)cc1. The molecular weight excluding hydrogens is 345 g/mol. The van der Waals surface area contributed by atoms with Gasteiger partial charge in [0.15, 0.2) is 10.1 Å². The van der Waals surface area contributed by atoms with Crippen LogP contribution in [0.25, 0.3) is 10.2 Å². The normalized spacial score (nSPS) is 11.0. The molecule has 0 atom stereocenters. The van der Waals surface area contributed by atoms with Crippen molar-refractivity contribution in [3.8, 4) is 0 Å². The summed E-state index contributed by atoms with van der Waals surface area (Å²) in [5, 5.41) is 1.30. The maximum absolute atomic E-state index is 12.1. The number of thiazole rings is 1. The van der Waals surface area contributed by atoms with Gasteiger partial charge in [-0.25, -0.2) is 4.98 Å². The Hall–Kier alpha value is -1.07. The van der Waals surface area contributed by atoms with Crippen molar-refractivity contribution in [3.63, 3.8) is 0 Å². The zero-order valence-corrected chi connectivity index (χ0v) is 13.8. The molecule has 0 amide bonds. The summed E-state index contributed by atoms with van der Waals surface area (Å²) in [6, 6.07) is 12.5. The Morgan fingerprint density at radius 3 is 2.57 bits per heavy atom. The van der Waals surface area contributed by atoms with Crippen LogP contribution in [0, 0.1) is 0 Å². The summed E-state index contributed by atoms with van der Waals surface area (Å²) < 4.78 is 1.94. The van der Waals surface area contributed by atoms with Gasteiger partial charge in [-0.05, 0) is 42.5 Å². The van der Waals surface area contributed by atoms with Gasteiger partial charge in [0.2, 0.25) is 0 Å². The number of ketones is 1. The average molecular weight is 354 g/mol. The first-order valence-electron chi connectivity index (χ1n) is 6.09. The molecule has 6 heteroatoms. The van der Waals surface area contributed by atoms with Crippen molar-refractivity contribution in [3.05, 3.63) is 58.1 Å². The van der Waals surface area contributed by atoms with Crippen molar-refractivity contribution in [2.75, 3.05) is 5.75 Å². The maximum atomic E-state index is 12.1. The van der Waals surface area contributed by atoms with E-state index < -0.39 is 0 Å². The van der Waals surface area contributed by atoms with Gasteiger partial charge in [-0.1, -0.05) is 35.0 Å². The second-order valence-electron chi connectivity index (χ2n) is 4.31. The van der Waals surface area contributed by atoms with E-state index in [1.807, 2.05) is 18.2 Å². The number of nitrogens with zero attached hydrogens (tertiary/aromatic N) is 1. The van der Waals surface area contributed by atoms with E-state index in [0.717, 1.165) is 14.6 Å². The van der Waals surface area contributed by atoms with Crippen LogP contribution in [0.4, 0.5) is 0 Å². The number of halogens is 2. The van der Waals surface area contributed by atoms with E-state index in [2.05, 4.69) is 4.98 Å². The predicted octanol–water partition coefficient (Wildman–Crippen LogP) is 5.58. The minimum atomic E-state index is 0.0638. The molecule has 21 heavy (non-hydrogen) atoms. The van der Waals surface area contributed by atoms with E-state index in [1.54, 1.807) is 35.6 Å². The number of rotatable bonds is 4. The standard InChI is InChI=1S/C15H9Cl2NOS2/c16-10-3-1-9(2-4-10)13(19)8-20-15-18-12-7-11(17)5-6-14(12)21-15/h1-7H,8H2. The summed E-state index contributed by atoms with van der Waals surface area (Å²) in [5.41, 5.74) is 1.53. The second-order valence-corrected chi connectivity index (χ2v) is 7.44. The minimum Gasteiger partial charge on any atom is -0.293 e. The monoisotopic (exact) mass is 353 g/mol. The molecule has 0 aliphatic carbocycles. The summed E-state index contributed by atoms with van der Waals surface area (Å²) in [5.74, 6) is 0.420. The highest BCUT2D eigenvalue weighted by Crippen LogP contribution is 2.31. The number of aromatic nitrogens is 1. The van der Waals surface area contributed by atoms with Gasteiger partial charge in [-0.15, -0.1) is 11.3 Å². The fourth-order valence-corrected chi connectivity index (χ4v) is 4.02. The van der Waals surface area contributed by atoms with Crippen LogP contribution in [0.15, 0.2) is 46.8 Å². The molecule has 0 saturated carbocycles. The van der Waals surface area contributed by atoms with Gasteiger partial charge in [0.25, 0.3) is 0 Å². The van der Waals surface area contributed by atoms with Gasteiger partial charge in [-0.3, -0.25) is 4.79 Å². The Morgan fingerprint density at radius 2 is 1.81 bits per heavy atom. The van der Waals surface area contributed by atoms with Crippen molar-refractivity contribution < 1.29 is 4.79 Å². The summed E-state index contributed by atoms with van der Waals surface area (Å²) in [6.07, 6.45) is 0. The van der Waals surface area contributed by atoms with Crippen LogP contribution in [0.3, 0.4) is 0 Å². The molecule has 1 heterocycles. The summed E-state index contributed by atoms with van der Waals surface area (Å²) in [6.45, 7) is 0. The molecule has 0 unspecified atom stereocenters. The van der Waals surface area contributed by atoms with Crippen molar-refractivity contribution in [1.29, 1.82) is 0 Å². The smallest absolute Gasteiger partial charge is 0.173 e. The molecule has 0 bridgehead atoms. The lowest BCUT2D eigenvalue weighted by Crippen LogP contribution is -2.01. The fraction of sp³-hybridized carbons (Fsp3) is 0.0667. The molecular formula is C15H9Cl2NOS2. The molecule has 0 radical (unpaired) electrons. The first-order valence-corrected chi connectivity index (χ1v) is 8.65. The Labute approximate surface area is 140 Å². The average Bonchev–Trinajstić information content (AvgIpc) is 2.87. The Morgan fingerprint density at radius 1 is 1.10 bits per heavy atom. The Kier molecular flexibility index (Phi) is 4.50. The van der Waals surface area contributed by atoms with Crippen LogP contribution in [0.1, 0.15) is 10.4 Å². The lowest BCUT2D eigenvalue weighted by atomic mass is 10.1. The third-order valence-corrected chi connectivity index (χ3v) is 5.49. The van der Waals surface area contributed by atoms with Crippen LogP contribution >= 0.6 is 46.3 Å². The molecule has 0 spiro atoms. The summed E-state index contributed by atoms with van der Waals surface area (Å²) >= 11 is 14.8. The highest BCUT2D eigenvalue weighted by molar-refractivity contribution is 8.01. The third kappa shape index (κ3) is 3.58. The Bertz CT molecular complexity index is 799. The number of benzene rings is 2. The first-order chi connectivity index (χ1) is 10.1. The van der Waals surface area contributed by atoms with E-state index in [9.17, 15) is 4.79 Å². The lowest BCUT2D eigenvalue weighted by molar-refractivity contribution is 0.102. The van der Waals surface area contributed by atoms with E-state index in [4.69, 9.17) is 23.2 Å². The van der Waals surface area contributed by atoms with Gasteiger partial charge in [0, 0.05) is 15.6 Å². The molecule has 2 nitrogen and oxygen atoms in total. The van der Waals surface area contributed by atoms with Gasteiger partial charge in [0.05, 0.1) is 16.0 Å². The van der Waals surface area contributed by atoms with Crippen LogP contribution in [0.5, 0.6) is 0 Å². The summed E-state index contributed by atoms with van der Waals surface area (Å²) in [4.78, 5) is 16.6. The number of carbonyl (C=O) groups is 1. The lowest BCUT2D eigenvalue weighted by Gasteiger charge is -1.99. The van der Waals surface area contributed by atoms with Gasteiger partial charge in [0.1, 0.15) is 0 Å². The maximum Gasteiger partial charge on any atom is 0.173 e. The van der Waals surface area contributed by atoms with Crippen LogP contribution in [0.2, 0.25) is 10.0 Å². The highest BCUT2D eigenvalue weighted by atomic mass is 35.5. The van der Waals surface area contributed by atoms with E-state index in [0.29, 0.717) is 21.4 Å². The zero-order valence-electron chi connectivity index (χ0n) is 10.7. The molecule has 3 rings (SSSR count). The van der Waals surface area contributed by atoms with Crippen molar-refractivity contribution >= 4 is 62.3 Å². The number of fused-ring (bicyclic) bond motifs is 1. The van der Waals surface area contributed by atoms with Crippen molar-refractivity contribution in [2.24, 2.45) is 0 Å². The van der Waals surface area contributed by atoms with Crippen LogP contribution in [-0.2, 0) is 0 Å². The molecule has 1 aromatic heterocycles. The van der Waals surface area contributed by atoms with Crippen molar-refractivity contribution in [2.45, 2.75) is 4.34 Å². The molecule has 0 saturated heterocycles.